The molecule has 1 aliphatic rings. The maximum absolute atomic E-state index is 12.3. The minimum Gasteiger partial charge on any atom is -0.497 e. The minimum atomic E-state index is -0.128. The number of amides is 1. The third-order valence-electron chi connectivity index (χ3n) is 4.37. The smallest absolute Gasteiger partial charge is 0.267 e. The molecule has 24 heavy (non-hydrogen) atoms. The Kier molecular flexibility index (Phi) is 3.69. The Balaban J connectivity index is 1.43. The fraction of sp³-hybridized carbons (Fsp3) is 0.263. The third kappa shape index (κ3) is 2.97. The number of carbonyl (C=O) groups is 1. The van der Waals surface area contributed by atoms with Crippen molar-refractivity contribution in [1.29, 1.82) is 0 Å². The molecule has 2 heterocycles. The molecule has 1 aliphatic carbocycles. The van der Waals surface area contributed by atoms with Crippen LogP contribution in [0.15, 0.2) is 42.6 Å². The van der Waals surface area contributed by atoms with Gasteiger partial charge >= 0.3 is 0 Å². The molecule has 2 aromatic heterocycles. The SMILES string of the molecule is COc1ccc2cc(C(=O)NCc3ccc(C4CC4)nc3)[nH]c2c1. The van der Waals surface area contributed by atoms with E-state index in [0.717, 1.165) is 27.9 Å². The predicted molar refractivity (Wildman–Crippen MR) is 92.2 cm³/mol. The first-order valence-corrected chi connectivity index (χ1v) is 8.13. The summed E-state index contributed by atoms with van der Waals surface area (Å²) in [6.45, 7) is 0.468. The van der Waals surface area contributed by atoms with Gasteiger partial charge in [0.1, 0.15) is 11.4 Å². The first-order chi connectivity index (χ1) is 11.7. The molecule has 2 N–H and O–H groups in total. The van der Waals surface area contributed by atoms with E-state index >= 15 is 0 Å². The number of aromatic amines is 1. The highest BCUT2D eigenvalue weighted by Gasteiger charge is 2.24. The Bertz CT molecular complexity index is 879. The first-order valence-electron chi connectivity index (χ1n) is 8.13. The Labute approximate surface area is 140 Å². The van der Waals surface area contributed by atoms with Gasteiger partial charge < -0.3 is 15.0 Å². The normalized spacial score (nSPS) is 13.9. The molecule has 5 heteroatoms. The molecule has 5 nitrogen and oxygen atoms in total. The molecule has 3 aromatic rings. The van der Waals surface area contributed by atoms with Gasteiger partial charge in [-0.05, 0) is 42.7 Å². The van der Waals surface area contributed by atoms with E-state index in [1.807, 2.05) is 36.5 Å². The lowest BCUT2D eigenvalue weighted by Gasteiger charge is -2.04. The summed E-state index contributed by atoms with van der Waals surface area (Å²) in [5.41, 5.74) is 3.59. The van der Waals surface area contributed by atoms with Crippen molar-refractivity contribution in [2.75, 3.05) is 7.11 Å². The van der Waals surface area contributed by atoms with E-state index in [1.54, 1.807) is 7.11 Å². The fourth-order valence-electron chi connectivity index (χ4n) is 2.79. The molecule has 1 saturated carbocycles. The van der Waals surface area contributed by atoms with Crippen molar-refractivity contribution in [1.82, 2.24) is 15.3 Å². The molecular weight excluding hydrogens is 302 g/mol. The van der Waals surface area contributed by atoms with E-state index in [0.29, 0.717) is 18.2 Å². The topological polar surface area (TPSA) is 67.0 Å². The van der Waals surface area contributed by atoms with Gasteiger partial charge in [0.05, 0.1) is 7.11 Å². The van der Waals surface area contributed by atoms with Crippen LogP contribution in [0.4, 0.5) is 0 Å². The maximum atomic E-state index is 12.3. The van der Waals surface area contributed by atoms with Crippen molar-refractivity contribution in [3.63, 3.8) is 0 Å². The Morgan fingerprint density at radius 3 is 2.88 bits per heavy atom. The van der Waals surface area contributed by atoms with Gasteiger partial charge in [-0.1, -0.05) is 6.07 Å². The zero-order valence-electron chi connectivity index (χ0n) is 13.5. The molecule has 0 aliphatic heterocycles. The monoisotopic (exact) mass is 321 g/mol. The molecule has 0 radical (unpaired) electrons. The van der Waals surface area contributed by atoms with Crippen LogP contribution in [0.1, 0.15) is 40.5 Å². The summed E-state index contributed by atoms with van der Waals surface area (Å²) in [5, 5.41) is 3.91. The number of hydrogen-bond acceptors (Lipinski definition) is 3. The molecule has 4 rings (SSSR count). The lowest BCUT2D eigenvalue weighted by molar-refractivity contribution is 0.0946. The molecule has 1 amide bonds. The average Bonchev–Trinajstić information content (AvgIpc) is 3.38. The Morgan fingerprint density at radius 2 is 2.17 bits per heavy atom. The van der Waals surface area contributed by atoms with Crippen molar-refractivity contribution in [2.45, 2.75) is 25.3 Å². The van der Waals surface area contributed by atoms with Crippen LogP contribution < -0.4 is 10.1 Å². The van der Waals surface area contributed by atoms with Crippen molar-refractivity contribution in [2.24, 2.45) is 0 Å². The molecule has 1 aromatic carbocycles. The van der Waals surface area contributed by atoms with Gasteiger partial charge in [0.25, 0.3) is 5.91 Å². The van der Waals surface area contributed by atoms with E-state index in [9.17, 15) is 4.79 Å². The number of methoxy groups -OCH3 is 1. The zero-order chi connectivity index (χ0) is 16.5. The van der Waals surface area contributed by atoms with Gasteiger partial charge in [0.15, 0.2) is 0 Å². The van der Waals surface area contributed by atoms with Gasteiger partial charge in [0.2, 0.25) is 0 Å². The fourth-order valence-corrected chi connectivity index (χ4v) is 2.79. The van der Waals surface area contributed by atoms with Crippen LogP contribution in [0.2, 0.25) is 0 Å². The first kappa shape index (κ1) is 14.8. The van der Waals surface area contributed by atoms with Crippen LogP contribution >= 0.6 is 0 Å². The number of nitrogens with zero attached hydrogens (tertiary/aromatic N) is 1. The van der Waals surface area contributed by atoms with Crippen LogP contribution in [-0.4, -0.2) is 23.0 Å². The predicted octanol–water partition coefficient (Wildman–Crippen LogP) is 3.38. The largest absolute Gasteiger partial charge is 0.497 e. The number of H-pyrrole nitrogens is 1. The molecule has 122 valence electrons. The summed E-state index contributed by atoms with van der Waals surface area (Å²) >= 11 is 0. The average molecular weight is 321 g/mol. The van der Waals surface area contributed by atoms with E-state index in [1.165, 1.54) is 12.8 Å². The quantitative estimate of drug-likeness (QED) is 0.757. The highest BCUT2D eigenvalue weighted by Crippen LogP contribution is 2.38. The summed E-state index contributed by atoms with van der Waals surface area (Å²) in [6, 6.07) is 11.6. The van der Waals surface area contributed by atoms with E-state index in [-0.39, 0.29) is 5.91 Å². The molecule has 0 unspecified atom stereocenters. The van der Waals surface area contributed by atoms with Gasteiger partial charge in [-0.25, -0.2) is 0 Å². The van der Waals surface area contributed by atoms with Gasteiger partial charge in [-0.2, -0.15) is 0 Å². The summed E-state index contributed by atoms with van der Waals surface area (Å²) in [7, 11) is 1.63. The summed E-state index contributed by atoms with van der Waals surface area (Å²) in [4.78, 5) is 19.9. The standard InChI is InChI=1S/C19H19N3O2/c1-24-15-6-5-14-8-18(22-17(14)9-15)19(23)21-11-12-2-7-16(20-10-12)13-3-4-13/h2,5-10,13,22H,3-4,11H2,1H3,(H,21,23). The maximum Gasteiger partial charge on any atom is 0.267 e. The highest BCUT2D eigenvalue weighted by atomic mass is 16.5. The summed E-state index contributed by atoms with van der Waals surface area (Å²) in [5.74, 6) is 1.28. The minimum absolute atomic E-state index is 0.128. The highest BCUT2D eigenvalue weighted by molar-refractivity contribution is 5.98. The van der Waals surface area contributed by atoms with E-state index < -0.39 is 0 Å². The Morgan fingerprint density at radius 1 is 1.29 bits per heavy atom. The number of rotatable bonds is 5. The van der Waals surface area contributed by atoms with Crippen LogP contribution in [0.25, 0.3) is 10.9 Å². The molecule has 0 saturated heterocycles. The molecule has 0 atom stereocenters. The summed E-state index contributed by atoms with van der Waals surface area (Å²) < 4.78 is 5.20. The lowest BCUT2D eigenvalue weighted by Crippen LogP contribution is -2.23. The molecule has 0 spiro atoms. The number of ether oxygens (including phenoxy) is 1. The number of aromatic nitrogens is 2. The number of pyridine rings is 1. The van der Waals surface area contributed by atoms with Crippen LogP contribution in [0.3, 0.4) is 0 Å². The molecular formula is C19H19N3O2. The lowest BCUT2D eigenvalue weighted by atomic mass is 10.2. The van der Waals surface area contributed by atoms with Crippen molar-refractivity contribution >= 4 is 16.8 Å². The second kappa shape index (κ2) is 6.00. The third-order valence-corrected chi connectivity index (χ3v) is 4.37. The van der Waals surface area contributed by atoms with Crippen LogP contribution in [0, 0.1) is 0 Å². The number of fused-ring (bicyclic) bond motifs is 1. The number of carbonyl (C=O) groups excluding carboxylic acids is 1. The molecule has 0 bridgehead atoms. The second-order valence-corrected chi connectivity index (χ2v) is 6.18. The van der Waals surface area contributed by atoms with Crippen molar-refractivity contribution in [3.05, 3.63) is 59.5 Å². The van der Waals surface area contributed by atoms with Crippen molar-refractivity contribution in [3.8, 4) is 5.75 Å². The second-order valence-electron chi connectivity index (χ2n) is 6.18. The number of hydrogen-bond donors (Lipinski definition) is 2. The number of benzene rings is 1. The Hall–Kier alpha value is -2.82. The van der Waals surface area contributed by atoms with E-state index in [4.69, 9.17) is 4.74 Å². The van der Waals surface area contributed by atoms with Gasteiger partial charge in [-0.15, -0.1) is 0 Å². The molecule has 1 fully saturated rings. The van der Waals surface area contributed by atoms with Gasteiger partial charge in [-0.3, -0.25) is 9.78 Å². The van der Waals surface area contributed by atoms with Crippen molar-refractivity contribution < 1.29 is 9.53 Å². The van der Waals surface area contributed by atoms with E-state index in [2.05, 4.69) is 21.4 Å². The zero-order valence-corrected chi connectivity index (χ0v) is 13.5. The van der Waals surface area contributed by atoms with Crippen LogP contribution in [0.5, 0.6) is 5.75 Å². The number of nitrogens with one attached hydrogen (secondary N) is 2. The summed E-state index contributed by atoms with van der Waals surface area (Å²) in [6.07, 6.45) is 4.34. The van der Waals surface area contributed by atoms with Crippen LogP contribution in [-0.2, 0) is 6.54 Å². The van der Waals surface area contributed by atoms with Gasteiger partial charge in [0, 0.05) is 41.3 Å².